The molecule has 0 bridgehead atoms. The highest BCUT2D eigenvalue weighted by molar-refractivity contribution is 5.96. The Morgan fingerprint density at radius 2 is 1.93 bits per heavy atom. The van der Waals surface area contributed by atoms with Gasteiger partial charge in [-0.15, -0.1) is 0 Å². The van der Waals surface area contributed by atoms with Crippen LogP contribution in [-0.4, -0.2) is 29.6 Å². The van der Waals surface area contributed by atoms with Gasteiger partial charge in [0.25, 0.3) is 0 Å². The van der Waals surface area contributed by atoms with Crippen molar-refractivity contribution in [2.75, 3.05) is 23.8 Å². The van der Waals surface area contributed by atoms with Gasteiger partial charge in [0.2, 0.25) is 5.91 Å². The van der Waals surface area contributed by atoms with Crippen molar-refractivity contribution in [1.82, 2.24) is 4.98 Å². The minimum Gasteiger partial charge on any atom is -0.507 e. The number of aromatic nitrogens is 1. The number of likely N-dealkylation sites (N-methyl/N-ethyl adjacent to an activating group) is 1. The molecule has 3 rings (SSSR count). The molecule has 1 aromatic heterocycles. The molecule has 3 aromatic rings. The number of nitrogens with one attached hydrogen (secondary N) is 1. The Balaban J connectivity index is 1.84. The smallest absolute Gasteiger partial charge is 0.221 e. The van der Waals surface area contributed by atoms with Crippen molar-refractivity contribution in [1.29, 1.82) is 0 Å². The van der Waals surface area contributed by atoms with Crippen LogP contribution in [0.15, 0.2) is 66.9 Å². The summed E-state index contributed by atoms with van der Waals surface area (Å²) in [5.74, 6) is -0.0416. The lowest BCUT2D eigenvalue weighted by atomic mass is 10.0. The quantitative estimate of drug-likeness (QED) is 0.694. The number of hydrogen-bond donors (Lipinski definition) is 2. The van der Waals surface area contributed by atoms with Gasteiger partial charge in [0.1, 0.15) is 5.75 Å². The molecule has 2 aromatic carbocycles. The van der Waals surface area contributed by atoms with Crippen molar-refractivity contribution >= 4 is 17.3 Å². The molecule has 5 heteroatoms. The normalized spacial score (nSPS) is 10.4. The number of hydrogen-bond acceptors (Lipinski definition) is 4. The Bertz CT molecular complexity index is 926. The average molecular weight is 361 g/mol. The molecular weight excluding hydrogens is 338 g/mol. The maximum atomic E-state index is 11.5. The number of amides is 1. The number of carbonyl (C=O) groups excluding carboxylic acids is 1. The molecular formula is C22H23N3O2. The van der Waals surface area contributed by atoms with Crippen LogP contribution in [0.1, 0.15) is 12.6 Å². The Labute approximate surface area is 159 Å². The SMILES string of the molecule is CC(=O)Nc1cccc(O)c1-c1cccc(N(C)CCc2ccccn2)c1. The van der Waals surface area contributed by atoms with E-state index in [1.54, 1.807) is 24.4 Å². The second kappa shape index (κ2) is 8.36. The Morgan fingerprint density at radius 3 is 2.67 bits per heavy atom. The van der Waals surface area contributed by atoms with Gasteiger partial charge in [-0.3, -0.25) is 9.78 Å². The van der Waals surface area contributed by atoms with E-state index in [2.05, 4.69) is 15.2 Å². The maximum Gasteiger partial charge on any atom is 0.221 e. The van der Waals surface area contributed by atoms with Crippen LogP contribution in [0.3, 0.4) is 0 Å². The molecule has 27 heavy (non-hydrogen) atoms. The topological polar surface area (TPSA) is 65.5 Å². The molecule has 0 aliphatic rings. The molecule has 2 N–H and O–H groups in total. The first-order valence-electron chi connectivity index (χ1n) is 8.85. The Kier molecular flexibility index (Phi) is 5.71. The number of pyridine rings is 1. The number of anilines is 2. The van der Waals surface area contributed by atoms with Gasteiger partial charge in [-0.05, 0) is 42.0 Å². The van der Waals surface area contributed by atoms with Crippen molar-refractivity contribution in [3.63, 3.8) is 0 Å². The summed E-state index contributed by atoms with van der Waals surface area (Å²) in [4.78, 5) is 18.0. The first-order chi connectivity index (χ1) is 13.0. The summed E-state index contributed by atoms with van der Waals surface area (Å²) in [5.41, 5.74) is 4.14. The van der Waals surface area contributed by atoms with E-state index in [9.17, 15) is 9.90 Å². The molecule has 1 amide bonds. The van der Waals surface area contributed by atoms with Crippen LogP contribution in [-0.2, 0) is 11.2 Å². The predicted octanol–water partition coefficient (Wildman–Crippen LogP) is 4.09. The van der Waals surface area contributed by atoms with Crippen molar-refractivity contribution < 1.29 is 9.90 Å². The molecule has 0 atom stereocenters. The second-order valence-corrected chi connectivity index (χ2v) is 6.42. The molecule has 138 valence electrons. The van der Waals surface area contributed by atoms with Gasteiger partial charge in [-0.2, -0.15) is 0 Å². The predicted molar refractivity (Wildman–Crippen MR) is 109 cm³/mol. The lowest BCUT2D eigenvalue weighted by Gasteiger charge is -2.20. The molecule has 1 heterocycles. The van der Waals surface area contributed by atoms with E-state index in [4.69, 9.17) is 0 Å². The highest BCUT2D eigenvalue weighted by Crippen LogP contribution is 2.37. The van der Waals surface area contributed by atoms with Crippen molar-refractivity contribution in [2.45, 2.75) is 13.3 Å². The van der Waals surface area contributed by atoms with E-state index in [0.717, 1.165) is 29.9 Å². The van der Waals surface area contributed by atoms with E-state index in [1.165, 1.54) is 6.92 Å². The lowest BCUT2D eigenvalue weighted by molar-refractivity contribution is -0.114. The van der Waals surface area contributed by atoms with E-state index in [0.29, 0.717) is 11.3 Å². The van der Waals surface area contributed by atoms with Crippen molar-refractivity contribution in [3.05, 3.63) is 72.6 Å². The molecule has 0 radical (unpaired) electrons. The zero-order chi connectivity index (χ0) is 19.2. The fourth-order valence-electron chi connectivity index (χ4n) is 2.99. The molecule has 0 saturated carbocycles. The fraction of sp³-hybridized carbons (Fsp3) is 0.182. The fourth-order valence-corrected chi connectivity index (χ4v) is 2.99. The minimum absolute atomic E-state index is 0.134. The summed E-state index contributed by atoms with van der Waals surface area (Å²) < 4.78 is 0. The number of carbonyl (C=O) groups is 1. The summed E-state index contributed by atoms with van der Waals surface area (Å²) in [7, 11) is 2.03. The van der Waals surface area contributed by atoms with E-state index in [1.807, 2.05) is 49.5 Å². The number of phenolic OH excluding ortho intramolecular Hbond substituents is 1. The monoisotopic (exact) mass is 361 g/mol. The van der Waals surface area contributed by atoms with Gasteiger partial charge >= 0.3 is 0 Å². The molecule has 0 unspecified atom stereocenters. The van der Waals surface area contributed by atoms with Gasteiger partial charge in [-0.25, -0.2) is 0 Å². The van der Waals surface area contributed by atoms with Crippen molar-refractivity contribution in [3.8, 4) is 16.9 Å². The standard InChI is InChI=1S/C22H23N3O2/c1-16(26)24-20-10-6-11-21(27)22(20)17-7-5-9-19(15-17)25(2)14-12-18-8-3-4-13-23-18/h3-11,13,15,27H,12,14H2,1-2H3,(H,24,26). The summed E-state index contributed by atoms with van der Waals surface area (Å²) in [6, 6.07) is 19.0. The third kappa shape index (κ3) is 4.64. The summed E-state index contributed by atoms with van der Waals surface area (Å²) >= 11 is 0. The van der Waals surface area contributed by atoms with Gasteiger partial charge in [0.05, 0.1) is 5.69 Å². The van der Waals surface area contributed by atoms with Crippen LogP contribution < -0.4 is 10.2 Å². The van der Waals surface area contributed by atoms with E-state index < -0.39 is 0 Å². The van der Waals surface area contributed by atoms with Crippen LogP contribution in [0.2, 0.25) is 0 Å². The van der Waals surface area contributed by atoms with Gasteiger partial charge in [-0.1, -0.05) is 24.3 Å². The molecule has 0 fully saturated rings. The maximum absolute atomic E-state index is 11.5. The van der Waals surface area contributed by atoms with E-state index >= 15 is 0 Å². The molecule has 0 spiro atoms. The van der Waals surface area contributed by atoms with E-state index in [-0.39, 0.29) is 11.7 Å². The van der Waals surface area contributed by atoms with Crippen LogP contribution >= 0.6 is 0 Å². The zero-order valence-electron chi connectivity index (χ0n) is 15.5. The van der Waals surface area contributed by atoms with Crippen LogP contribution in [0.5, 0.6) is 5.75 Å². The third-order valence-corrected chi connectivity index (χ3v) is 4.36. The van der Waals surface area contributed by atoms with Gasteiger partial charge < -0.3 is 15.3 Å². The average Bonchev–Trinajstić information content (AvgIpc) is 2.67. The zero-order valence-corrected chi connectivity index (χ0v) is 15.5. The number of phenols is 1. The summed E-state index contributed by atoms with van der Waals surface area (Å²) in [6.07, 6.45) is 2.65. The summed E-state index contributed by atoms with van der Waals surface area (Å²) in [5, 5.41) is 13.2. The number of aromatic hydroxyl groups is 1. The minimum atomic E-state index is -0.175. The highest BCUT2D eigenvalue weighted by Gasteiger charge is 2.13. The number of benzene rings is 2. The molecule has 0 aliphatic carbocycles. The largest absolute Gasteiger partial charge is 0.507 e. The number of nitrogens with zero attached hydrogens (tertiary/aromatic N) is 2. The molecule has 0 saturated heterocycles. The van der Waals surface area contributed by atoms with Crippen LogP contribution in [0.25, 0.3) is 11.1 Å². The van der Waals surface area contributed by atoms with Gasteiger partial charge in [0, 0.05) is 50.1 Å². The number of rotatable bonds is 6. The molecule has 5 nitrogen and oxygen atoms in total. The highest BCUT2D eigenvalue weighted by atomic mass is 16.3. The second-order valence-electron chi connectivity index (χ2n) is 6.42. The first kappa shape index (κ1) is 18.5. The Morgan fingerprint density at radius 1 is 1.11 bits per heavy atom. The first-order valence-corrected chi connectivity index (χ1v) is 8.85. The van der Waals surface area contributed by atoms with Crippen molar-refractivity contribution in [2.24, 2.45) is 0 Å². The Hall–Kier alpha value is -3.34. The van der Waals surface area contributed by atoms with Crippen LogP contribution in [0.4, 0.5) is 11.4 Å². The summed E-state index contributed by atoms with van der Waals surface area (Å²) in [6.45, 7) is 2.27. The molecule has 0 aliphatic heterocycles. The third-order valence-electron chi connectivity index (χ3n) is 4.36. The van der Waals surface area contributed by atoms with Gasteiger partial charge in [0.15, 0.2) is 0 Å². The van der Waals surface area contributed by atoms with Crippen LogP contribution in [0, 0.1) is 0 Å². The lowest BCUT2D eigenvalue weighted by Crippen LogP contribution is -2.20.